The molecule has 2 rings (SSSR count). The van der Waals surface area contributed by atoms with Crippen molar-refractivity contribution in [2.45, 2.75) is 32.7 Å². The third-order valence-electron chi connectivity index (χ3n) is 2.56. The minimum absolute atomic E-state index is 0.850. The van der Waals surface area contributed by atoms with Crippen molar-refractivity contribution in [3.63, 3.8) is 0 Å². The molecule has 0 spiro atoms. The van der Waals surface area contributed by atoms with Crippen molar-refractivity contribution in [1.82, 2.24) is 9.97 Å². The predicted octanol–water partition coefficient (Wildman–Crippen LogP) is 4.28. The third kappa shape index (κ3) is 2.53. The van der Waals surface area contributed by atoms with E-state index < -0.39 is 0 Å². The maximum Gasteiger partial charge on any atom is 0.128 e. The molecule has 0 saturated heterocycles. The van der Waals surface area contributed by atoms with Crippen molar-refractivity contribution >= 4 is 33.3 Å². The van der Waals surface area contributed by atoms with E-state index >= 15 is 0 Å². The van der Waals surface area contributed by atoms with E-state index in [1.165, 1.54) is 21.4 Å². The van der Waals surface area contributed by atoms with Crippen LogP contribution < -0.4 is 0 Å². The van der Waals surface area contributed by atoms with Gasteiger partial charge in [-0.2, -0.15) is 0 Å². The van der Waals surface area contributed by atoms with E-state index in [1.54, 1.807) is 23.1 Å². The molecule has 0 bridgehead atoms. The Morgan fingerprint density at radius 2 is 2.00 bits per heavy atom. The molecule has 0 atom stereocenters. The molecule has 90 valence electrons. The minimum atomic E-state index is 0.850. The highest BCUT2D eigenvalue weighted by Crippen LogP contribution is 2.35. The number of aromatic nitrogens is 2. The highest BCUT2D eigenvalue weighted by molar-refractivity contribution is 7.99. The minimum Gasteiger partial charge on any atom is -0.226 e. The number of thiophene rings is 1. The van der Waals surface area contributed by atoms with Gasteiger partial charge < -0.3 is 0 Å². The number of aryl methyl sites for hydroxylation is 3. The Morgan fingerprint density at radius 1 is 1.29 bits per heavy atom. The smallest absolute Gasteiger partial charge is 0.128 e. The van der Waals surface area contributed by atoms with Crippen LogP contribution in [0.25, 0.3) is 10.2 Å². The molecule has 0 aromatic carbocycles. The fourth-order valence-electron chi connectivity index (χ4n) is 1.61. The zero-order valence-electron chi connectivity index (χ0n) is 10.6. The molecule has 0 N–H and O–H groups in total. The van der Waals surface area contributed by atoms with E-state index in [-0.39, 0.29) is 0 Å². The van der Waals surface area contributed by atoms with Gasteiger partial charge in [-0.05, 0) is 33.3 Å². The summed E-state index contributed by atoms with van der Waals surface area (Å²) in [4.78, 5) is 11.5. The molecule has 2 nitrogen and oxygen atoms in total. The quantitative estimate of drug-likeness (QED) is 0.470. The molecular formula is C13H16N2S2. The lowest BCUT2D eigenvalue weighted by Gasteiger charge is -2.04. The van der Waals surface area contributed by atoms with E-state index in [2.05, 4.69) is 30.4 Å². The first-order valence-electron chi connectivity index (χ1n) is 5.50. The van der Waals surface area contributed by atoms with Crippen molar-refractivity contribution in [2.75, 3.05) is 5.75 Å². The lowest BCUT2D eigenvalue weighted by molar-refractivity contribution is 1.01. The van der Waals surface area contributed by atoms with Crippen LogP contribution in [-0.2, 0) is 0 Å². The Hall–Kier alpha value is -0.870. The van der Waals surface area contributed by atoms with Gasteiger partial charge in [-0.15, -0.1) is 23.1 Å². The van der Waals surface area contributed by atoms with Gasteiger partial charge in [0, 0.05) is 16.0 Å². The van der Waals surface area contributed by atoms with Gasteiger partial charge in [-0.1, -0.05) is 12.2 Å². The van der Waals surface area contributed by atoms with Crippen LogP contribution >= 0.6 is 23.1 Å². The van der Waals surface area contributed by atoms with E-state index in [1.807, 2.05) is 13.8 Å². The summed E-state index contributed by atoms with van der Waals surface area (Å²) in [6.45, 7) is 12.2. The van der Waals surface area contributed by atoms with Gasteiger partial charge in [0.05, 0.1) is 0 Å². The lowest BCUT2D eigenvalue weighted by atomic mass is 10.2. The number of hydrogen-bond donors (Lipinski definition) is 0. The summed E-state index contributed by atoms with van der Waals surface area (Å²) in [6.07, 6.45) is 0. The largest absolute Gasteiger partial charge is 0.226 e. The van der Waals surface area contributed by atoms with Gasteiger partial charge in [-0.25, -0.2) is 9.97 Å². The molecule has 0 aliphatic heterocycles. The predicted molar refractivity (Wildman–Crippen MR) is 77.2 cm³/mol. The zero-order valence-corrected chi connectivity index (χ0v) is 12.3. The molecule has 0 amide bonds. The molecular weight excluding hydrogens is 248 g/mol. The second kappa shape index (κ2) is 4.78. The number of rotatable bonds is 3. The number of fused-ring (bicyclic) bond motifs is 1. The average molecular weight is 264 g/mol. The van der Waals surface area contributed by atoms with Crippen molar-refractivity contribution in [2.24, 2.45) is 0 Å². The second-order valence-corrected chi connectivity index (χ2v) is 6.45. The normalized spacial score (nSPS) is 11.1. The molecule has 0 radical (unpaired) electrons. The molecule has 0 saturated carbocycles. The van der Waals surface area contributed by atoms with Crippen molar-refractivity contribution in [3.05, 3.63) is 28.4 Å². The SMILES string of the molecule is C=C(C)CSc1nc(C)nc2sc(C)c(C)c12. The number of nitrogens with zero attached hydrogens (tertiary/aromatic N) is 2. The van der Waals surface area contributed by atoms with E-state index in [4.69, 9.17) is 0 Å². The van der Waals surface area contributed by atoms with Crippen LogP contribution in [0, 0.1) is 20.8 Å². The van der Waals surface area contributed by atoms with Crippen LogP contribution in [0.2, 0.25) is 0 Å². The maximum atomic E-state index is 4.56. The average Bonchev–Trinajstić information content (AvgIpc) is 2.51. The Labute approximate surface area is 110 Å². The molecule has 2 aromatic rings. The molecule has 2 heterocycles. The van der Waals surface area contributed by atoms with Gasteiger partial charge in [0.2, 0.25) is 0 Å². The van der Waals surface area contributed by atoms with Gasteiger partial charge in [0.1, 0.15) is 15.7 Å². The fraction of sp³-hybridized carbons (Fsp3) is 0.385. The van der Waals surface area contributed by atoms with Gasteiger partial charge in [0.25, 0.3) is 0 Å². The van der Waals surface area contributed by atoms with Gasteiger partial charge in [0.15, 0.2) is 0 Å². The molecule has 2 aromatic heterocycles. The first-order valence-corrected chi connectivity index (χ1v) is 7.30. The molecule has 0 aliphatic rings. The van der Waals surface area contributed by atoms with Gasteiger partial charge in [-0.3, -0.25) is 0 Å². The summed E-state index contributed by atoms with van der Waals surface area (Å²) in [5.41, 5.74) is 2.48. The Bertz CT molecular complexity index is 585. The summed E-state index contributed by atoms with van der Waals surface area (Å²) in [5.74, 6) is 1.77. The topological polar surface area (TPSA) is 25.8 Å². The summed E-state index contributed by atoms with van der Waals surface area (Å²) in [6, 6.07) is 0. The van der Waals surface area contributed by atoms with Crippen LogP contribution in [0.4, 0.5) is 0 Å². The Morgan fingerprint density at radius 3 is 2.65 bits per heavy atom. The zero-order chi connectivity index (χ0) is 12.6. The highest BCUT2D eigenvalue weighted by Gasteiger charge is 2.13. The number of thioether (sulfide) groups is 1. The molecule has 17 heavy (non-hydrogen) atoms. The van der Waals surface area contributed by atoms with E-state index in [9.17, 15) is 0 Å². The van der Waals surface area contributed by atoms with Crippen molar-refractivity contribution < 1.29 is 0 Å². The van der Waals surface area contributed by atoms with Crippen LogP contribution in [0.15, 0.2) is 17.2 Å². The van der Waals surface area contributed by atoms with Crippen LogP contribution in [0.3, 0.4) is 0 Å². The summed E-state index contributed by atoms with van der Waals surface area (Å²) < 4.78 is 0. The fourth-order valence-corrected chi connectivity index (χ4v) is 3.72. The second-order valence-electron chi connectivity index (χ2n) is 4.29. The molecule has 0 aliphatic carbocycles. The van der Waals surface area contributed by atoms with Crippen molar-refractivity contribution in [3.8, 4) is 0 Å². The Balaban J connectivity index is 2.55. The summed E-state index contributed by atoms with van der Waals surface area (Å²) >= 11 is 3.51. The lowest BCUT2D eigenvalue weighted by Crippen LogP contribution is -1.92. The highest BCUT2D eigenvalue weighted by atomic mass is 32.2. The molecule has 4 heteroatoms. The summed E-state index contributed by atoms with van der Waals surface area (Å²) in [7, 11) is 0. The standard InChI is InChI=1S/C13H16N2S2/c1-7(2)6-16-12-11-8(3)9(4)17-13(11)15-10(5)14-12/h1,6H2,2-5H3. The molecule has 0 fully saturated rings. The maximum absolute atomic E-state index is 4.56. The first kappa shape index (κ1) is 12.6. The van der Waals surface area contributed by atoms with Crippen LogP contribution in [-0.4, -0.2) is 15.7 Å². The van der Waals surface area contributed by atoms with E-state index in [0.717, 1.165) is 21.4 Å². The Kier molecular flexibility index (Phi) is 3.54. The first-order chi connectivity index (χ1) is 7.99. The third-order valence-corrected chi connectivity index (χ3v) is 4.87. The summed E-state index contributed by atoms with van der Waals surface area (Å²) in [5, 5.41) is 2.32. The van der Waals surface area contributed by atoms with E-state index in [0.29, 0.717) is 0 Å². The van der Waals surface area contributed by atoms with Crippen LogP contribution in [0.5, 0.6) is 0 Å². The van der Waals surface area contributed by atoms with Gasteiger partial charge >= 0.3 is 0 Å². The number of hydrogen-bond acceptors (Lipinski definition) is 4. The molecule has 0 unspecified atom stereocenters. The van der Waals surface area contributed by atoms with Crippen LogP contribution in [0.1, 0.15) is 23.2 Å². The van der Waals surface area contributed by atoms with Crippen molar-refractivity contribution in [1.29, 1.82) is 0 Å². The monoisotopic (exact) mass is 264 g/mol.